The molecule has 0 radical (unpaired) electrons. The number of methoxy groups -OCH3 is 4. The Bertz CT molecular complexity index is 3490. The van der Waals surface area contributed by atoms with E-state index in [-0.39, 0.29) is 81.0 Å². The molecule has 0 atom stereocenters. The number of ether oxygens (including phenoxy) is 7. The average molecular weight is 1320 g/mol. The molecule has 3 heterocycles. The van der Waals surface area contributed by atoms with Crippen molar-refractivity contribution in [1.29, 1.82) is 0 Å². The highest BCUT2D eigenvalue weighted by Gasteiger charge is 2.35. The van der Waals surface area contributed by atoms with Gasteiger partial charge in [0.15, 0.2) is 34.5 Å². The Kier molecular flexibility index (Phi) is 13.9. The van der Waals surface area contributed by atoms with Crippen LogP contribution in [0.4, 0.5) is 0 Å². The number of rotatable bonds is 11. The van der Waals surface area contributed by atoms with Gasteiger partial charge < -0.3 is 42.1 Å². The highest BCUT2D eigenvalue weighted by Crippen LogP contribution is 2.53. The van der Waals surface area contributed by atoms with Crippen molar-refractivity contribution in [2.45, 2.75) is 13.0 Å². The minimum atomic E-state index is -0.697. The maximum atomic E-state index is 14.6. The molecule has 0 saturated carbocycles. The summed E-state index contributed by atoms with van der Waals surface area (Å²) in [5.74, 6) is -0.978. The molecular weight excluding hydrogens is 1290 g/mol. The van der Waals surface area contributed by atoms with Crippen LogP contribution in [-0.2, 0) is 13.0 Å². The Morgan fingerprint density at radius 1 is 0.536 bits per heavy atom. The second-order valence-corrected chi connectivity index (χ2v) is 20.7. The van der Waals surface area contributed by atoms with Crippen molar-refractivity contribution in [2.24, 2.45) is 0 Å². The van der Waals surface area contributed by atoms with Crippen LogP contribution in [0.15, 0.2) is 127 Å². The van der Waals surface area contributed by atoms with E-state index in [9.17, 15) is 19.2 Å². The monoisotopic (exact) mass is 1310 g/mol. The fourth-order valence-electron chi connectivity index (χ4n) is 8.27. The molecule has 0 unspecified atom stereocenters. The second-order valence-electron chi connectivity index (χ2n) is 15.2. The summed E-state index contributed by atoms with van der Waals surface area (Å²) in [5, 5.41) is 0.862. The van der Waals surface area contributed by atoms with E-state index in [0.29, 0.717) is 65.6 Å². The van der Waals surface area contributed by atoms with Crippen molar-refractivity contribution < 1.29 is 52.0 Å². The number of aromatic nitrogens is 1. The summed E-state index contributed by atoms with van der Waals surface area (Å²) in [7, 11) is 5.79. The molecule has 350 valence electrons. The van der Waals surface area contributed by atoms with Gasteiger partial charge in [0.2, 0.25) is 5.75 Å². The van der Waals surface area contributed by atoms with Crippen molar-refractivity contribution in [3.63, 3.8) is 0 Å². The van der Waals surface area contributed by atoms with E-state index in [1.165, 1.54) is 34.5 Å². The maximum Gasteiger partial charge on any atom is 0.361 e. The Balaban J connectivity index is 1.29. The van der Waals surface area contributed by atoms with Gasteiger partial charge in [-0.3, -0.25) is 0 Å². The fraction of sp³-hybridized carbons (Fsp3) is 0.120. The highest BCUT2D eigenvalue weighted by molar-refractivity contribution is 9.11. The summed E-state index contributed by atoms with van der Waals surface area (Å²) in [4.78, 5) is 55.6. The van der Waals surface area contributed by atoms with Gasteiger partial charge in [0.05, 0.1) is 50.8 Å². The van der Waals surface area contributed by atoms with Crippen molar-refractivity contribution >= 4 is 135 Å². The second kappa shape index (κ2) is 19.8. The number of hydrogen-bond donors (Lipinski definition) is 0. The zero-order valence-corrected chi connectivity index (χ0v) is 45.7. The summed E-state index contributed by atoms with van der Waals surface area (Å²) in [6.07, 6.45) is 0.266. The lowest BCUT2D eigenvalue weighted by molar-refractivity contribution is 0.0718. The first-order valence-electron chi connectivity index (χ1n) is 20.3. The van der Waals surface area contributed by atoms with Gasteiger partial charge in [-0.1, -0.05) is 102 Å². The largest absolute Gasteiger partial charge is 0.493 e. The predicted molar refractivity (Wildman–Crippen MR) is 279 cm³/mol. The van der Waals surface area contributed by atoms with Gasteiger partial charge in [-0.2, -0.15) is 0 Å². The molecule has 6 aromatic carbocycles. The summed E-state index contributed by atoms with van der Waals surface area (Å²) in [6, 6.07) is 25.0. The van der Waals surface area contributed by atoms with Crippen LogP contribution in [0.25, 0.3) is 44.3 Å². The lowest BCUT2D eigenvalue weighted by Gasteiger charge is -2.26. The zero-order valence-electron chi connectivity index (χ0n) is 36.2. The van der Waals surface area contributed by atoms with E-state index in [1.807, 2.05) is 4.57 Å². The number of hydrogen-bond acceptors (Lipinski definition) is 12. The molecule has 13 nitrogen and oxygen atoms in total. The number of carbonyl (C=O) groups is 3. The van der Waals surface area contributed by atoms with Crippen LogP contribution in [0.1, 0.15) is 36.6 Å². The van der Waals surface area contributed by atoms with Gasteiger partial charge in [0.1, 0.15) is 11.1 Å². The summed E-state index contributed by atoms with van der Waals surface area (Å²) in [6.45, 7) is 0.210. The Labute approximate surface area is 442 Å². The molecule has 0 N–H and O–H groups in total. The molecule has 19 heteroatoms. The third-order valence-corrected chi connectivity index (χ3v) is 13.9. The van der Waals surface area contributed by atoms with Crippen LogP contribution in [0.5, 0.6) is 40.2 Å². The molecule has 8 aromatic rings. The van der Waals surface area contributed by atoms with Gasteiger partial charge in [0.25, 0.3) is 0 Å². The molecule has 9 rings (SSSR count). The van der Waals surface area contributed by atoms with Gasteiger partial charge in [-0.05, 0) is 90.8 Å². The number of benzene rings is 6. The van der Waals surface area contributed by atoms with E-state index >= 15 is 0 Å². The first-order valence-corrected chi connectivity index (χ1v) is 25.1. The topological polar surface area (TPSA) is 151 Å². The fourth-order valence-corrected chi connectivity index (χ4v) is 12.2. The molecule has 0 aliphatic carbocycles. The van der Waals surface area contributed by atoms with Crippen LogP contribution in [-0.4, -0.2) is 50.9 Å². The van der Waals surface area contributed by atoms with Crippen molar-refractivity contribution in [3.8, 4) is 62.6 Å². The third-order valence-electron chi connectivity index (χ3n) is 11.1. The average Bonchev–Trinajstić information content (AvgIpc) is 3.67. The van der Waals surface area contributed by atoms with E-state index in [2.05, 4.69) is 95.6 Å². The number of fused-ring (bicyclic) bond motifs is 7. The first-order chi connectivity index (χ1) is 33.1. The van der Waals surface area contributed by atoms with Gasteiger partial charge in [-0.25, -0.2) is 19.2 Å². The SMILES string of the molecule is COc1cc(-c2c3n(c4c(=O)oc5cc(OC(=O)c6cc(Br)cc(Br)c6)c(OC)cc5c24)CCc2c-3cc(OC)c(OC)c2OC(=O)c2cc(Br)cc(Br)c2)ccc1OC(=O)c1cc(Br)cc(Br)c1. The maximum absolute atomic E-state index is 14.6. The summed E-state index contributed by atoms with van der Waals surface area (Å²) < 4.78 is 53.4. The lowest BCUT2D eigenvalue weighted by atomic mass is 9.91. The van der Waals surface area contributed by atoms with Crippen LogP contribution < -0.4 is 38.8 Å². The molecule has 1 aliphatic heterocycles. The number of halogens is 6. The van der Waals surface area contributed by atoms with E-state index in [1.54, 1.807) is 84.9 Å². The van der Waals surface area contributed by atoms with Crippen molar-refractivity contribution in [3.05, 3.63) is 151 Å². The van der Waals surface area contributed by atoms with E-state index in [0.717, 1.165) is 0 Å². The molecule has 0 bridgehead atoms. The molecule has 2 aromatic heterocycles. The van der Waals surface area contributed by atoms with Gasteiger partial charge in [-0.15, -0.1) is 0 Å². The number of esters is 3. The molecule has 0 amide bonds. The Morgan fingerprint density at radius 2 is 1.04 bits per heavy atom. The van der Waals surface area contributed by atoms with Crippen LogP contribution in [0.3, 0.4) is 0 Å². The van der Waals surface area contributed by atoms with Crippen molar-refractivity contribution in [1.82, 2.24) is 4.57 Å². The minimum absolute atomic E-state index is 0.00413. The minimum Gasteiger partial charge on any atom is -0.493 e. The quantitative estimate of drug-likeness (QED) is 0.0689. The van der Waals surface area contributed by atoms with Gasteiger partial charge in [0, 0.05) is 66.9 Å². The highest BCUT2D eigenvalue weighted by atomic mass is 79.9. The smallest absolute Gasteiger partial charge is 0.361 e. The van der Waals surface area contributed by atoms with Crippen LogP contribution >= 0.6 is 95.6 Å². The van der Waals surface area contributed by atoms with E-state index in [4.69, 9.17) is 37.6 Å². The Hall–Kier alpha value is -5.44. The summed E-state index contributed by atoms with van der Waals surface area (Å²) >= 11 is 20.6. The van der Waals surface area contributed by atoms with Crippen molar-refractivity contribution in [2.75, 3.05) is 28.4 Å². The molecule has 0 spiro atoms. The van der Waals surface area contributed by atoms with Crippen LogP contribution in [0.2, 0.25) is 0 Å². The number of aryl methyl sites for hydroxylation is 1. The normalized spacial score (nSPS) is 11.7. The standard InChI is InChI=1S/C50H31Br6NO12/c1-62-37-15-22(5-6-35(37)66-47(58)23-9-26(51)16-27(52)10-23)41-42-34-20-38(63-2)39(68-48(59)24-11-28(53)17-29(54)12-24)21-36(34)67-50(61)44(42)57-8-7-32-33(43(41)57)19-40(64-3)46(65-4)45(32)69-49(60)25-13-30(55)18-31(56)14-25/h5-6,9-21H,7-8H2,1-4H3. The zero-order chi connectivity index (χ0) is 49.0. The third kappa shape index (κ3) is 9.36. The summed E-state index contributed by atoms with van der Waals surface area (Å²) in [5.41, 5.74) is 3.06. The molecule has 0 saturated heterocycles. The Morgan fingerprint density at radius 3 is 1.57 bits per heavy atom. The molecule has 0 fully saturated rings. The number of carbonyl (C=O) groups excluding carboxylic acids is 3. The van der Waals surface area contributed by atoms with Crippen LogP contribution in [0, 0.1) is 0 Å². The predicted octanol–water partition coefficient (Wildman–Crippen LogP) is 13.9. The first kappa shape index (κ1) is 48.6. The molecule has 69 heavy (non-hydrogen) atoms. The molecule has 1 aliphatic rings. The number of nitrogens with zero attached hydrogens (tertiary/aromatic N) is 1. The van der Waals surface area contributed by atoms with Gasteiger partial charge >= 0.3 is 23.5 Å². The van der Waals surface area contributed by atoms with E-state index < -0.39 is 23.5 Å². The molecular formula is C50H31Br6NO12. The lowest BCUT2D eigenvalue weighted by Crippen LogP contribution is -2.18.